The van der Waals surface area contributed by atoms with Gasteiger partial charge in [-0.05, 0) is 42.9 Å². The molecule has 4 nitrogen and oxygen atoms in total. The van der Waals surface area contributed by atoms with Gasteiger partial charge in [-0.3, -0.25) is 4.79 Å². The van der Waals surface area contributed by atoms with Crippen molar-refractivity contribution in [2.45, 2.75) is 32.6 Å². The third-order valence-electron chi connectivity index (χ3n) is 4.18. The Bertz CT molecular complexity index is 466. The molecule has 1 aromatic rings. The first-order valence-corrected chi connectivity index (χ1v) is 7.32. The standard InChI is InChI=1S/C16H24N2O2/c1-11-3-5-12(6-4-11)10-18-16(19)13-7-8-15(20-2)14(17)9-13/h7-9,11-12H,3-6,10,17H2,1-2H3,(H,18,19). The van der Waals surface area contributed by atoms with Crippen molar-refractivity contribution in [3.05, 3.63) is 23.8 Å². The Morgan fingerprint density at radius 1 is 1.35 bits per heavy atom. The Morgan fingerprint density at radius 2 is 2.05 bits per heavy atom. The summed E-state index contributed by atoms with van der Waals surface area (Å²) in [6, 6.07) is 5.14. The van der Waals surface area contributed by atoms with Crippen LogP contribution < -0.4 is 15.8 Å². The van der Waals surface area contributed by atoms with E-state index in [9.17, 15) is 4.79 Å². The molecule has 1 saturated carbocycles. The van der Waals surface area contributed by atoms with Gasteiger partial charge in [0.2, 0.25) is 0 Å². The largest absolute Gasteiger partial charge is 0.495 e. The number of carbonyl (C=O) groups excluding carboxylic acids is 1. The van der Waals surface area contributed by atoms with E-state index in [4.69, 9.17) is 10.5 Å². The minimum atomic E-state index is -0.0574. The molecule has 1 amide bonds. The molecule has 0 heterocycles. The Kier molecular flexibility index (Phi) is 4.88. The maximum Gasteiger partial charge on any atom is 0.251 e. The first kappa shape index (κ1) is 14.7. The molecule has 20 heavy (non-hydrogen) atoms. The van der Waals surface area contributed by atoms with Crippen molar-refractivity contribution >= 4 is 11.6 Å². The van der Waals surface area contributed by atoms with Crippen molar-refractivity contribution in [1.82, 2.24) is 5.32 Å². The quantitative estimate of drug-likeness (QED) is 0.831. The molecular formula is C16H24N2O2. The summed E-state index contributed by atoms with van der Waals surface area (Å²) in [5.41, 5.74) is 6.90. The Balaban J connectivity index is 1.87. The van der Waals surface area contributed by atoms with Crippen LogP contribution in [0.15, 0.2) is 18.2 Å². The number of nitrogen functional groups attached to an aromatic ring is 1. The van der Waals surface area contributed by atoms with Gasteiger partial charge < -0.3 is 15.8 Å². The van der Waals surface area contributed by atoms with Gasteiger partial charge >= 0.3 is 0 Å². The Morgan fingerprint density at radius 3 is 2.65 bits per heavy atom. The Labute approximate surface area is 120 Å². The van der Waals surface area contributed by atoms with Crippen LogP contribution in [0, 0.1) is 11.8 Å². The summed E-state index contributed by atoms with van der Waals surface area (Å²) in [6.45, 7) is 3.06. The zero-order chi connectivity index (χ0) is 14.5. The lowest BCUT2D eigenvalue weighted by atomic mass is 9.83. The van der Waals surface area contributed by atoms with Crippen LogP contribution in [0.1, 0.15) is 43.0 Å². The van der Waals surface area contributed by atoms with Crippen molar-refractivity contribution in [2.24, 2.45) is 11.8 Å². The molecule has 1 aliphatic rings. The number of ether oxygens (including phenoxy) is 1. The molecule has 4 heteroatoms. The molecule has 0 aromatic heterocycles. The highest BCUT2D eigenvalue weighted by molar-refractivity contribution is 5.95. The van der Waals surface area contributed by atoms with Crippen LogP contribution in [0.5, 0.6) is 5.75 Å². The number of amides is 1. The molecule has 1 fully saturated rings. The predicted molar refractivity (Wildman–Crippen MR) is 80.9 cm³/mol. The highest BCUT2D eigenvalue weighted by Crippen LogP contribution is 2.28. The van der Waals surface area contributed by atoms with E-state index in [-0.39, 0.29) is 5.91 Å². The monoisotopic (exact) mass is 276 g/mol. The highest BCUT2D eigenvalue weighted by atomic mass is 16.5. The van der Waals surface area contributed by atoms with E-state index in [1.807, 2.05) is 0 Å². The number of hydrogen-bond acceptors (Lipinski definition) is 3. The van der Waals surface area contributed by atoms with Crippen LogP contribution in [0.4, 0.5) is 5.69 Å². The molecule has 0 bridgehead atoms. The predicted octanol–water partition coefficient (Wildman–Crippen LogP) is 2.83. The normalized spacial score (nSPS) is 22.3. The molecule has 0 saturated heterocycles. The van der Waals surface area contributed by atoms with Gasteiger partial charge in [0, 0.05) is 12.1 Å². The lowest BCUT2D eigenvalue weighted by Crippen LogP contribution is -2.31. The smallest absolute Gasteiger partial charge is 0.251 e. The van der Waals surface area contributed by atoms with Gasteiger partial charge in [0.25, 0.3) is 5.91 Å². The lowest BCUT2D eigenvalue weighted by Gasteiger charge is -2.26. The van der Waals surface area contributed by atoms with E-state index in [0.717, 1.165) is 12.5 Å². The van der Waals surface area contributed by atoms with Crippen LogP contribution in [-0.4, -0.2) is 19.6 Å². The third kappa shape index (κ3) is 3.65. The van der Waals surface area contributed by atoms with Crippen molar-refractivity contribution in [2.75, 3.05) is 19.4 Å². The number of hydrogen-bond donors (Lipinski definition) is 2. The first-order valence-electron chi connectivity index (χ1n) is 7.32. The fraction of sp³-hybridized carbons (Fsp3) is 0.562. The zero-order valence-electron chi connectivity index (χ0n) is 12.3. The summed E-state index contributed by atoms with van der Waals surface area (Å²) in [4.78, 5) is 12.1. The van der Waals surface area contributed by atoms with Crippen molar-refractivity contribution in [3.8, 4) is 5.75 Å². The number of benzene rings is 1. The van der Waals surface area contributed by atoms with E-state index in [2.05, 4.69) is 12.2 Å². The van der Waals surface area contributed by atoms with Gasteiger partial charge in [-0.15, -0.1) is 0 Å². The molecule has 2 rings (SSSR count). The maximum atomic E-state index is 12.1. The molecular weight excluding hydrogens is 252 g/mol. The van der Waals surface area contributed by atoms with Crippen LogP contribution >= 0.6 is 0 Å². The summed E-state index contributed by atoms with van der Waals surface area (Å²) in [6.07, 6.45) is 4.98. The van der Waals surface area contributed by atoms with Gasteiger partial charge in [0.1, 0.15) is 5.75 Å². The number of nitrogens with one attached hydrogen (secondary N) is 1. The summed E-state index contributed by atoms with van der Waals surface area (Å²) >= 11 is 0. The lowest BCUT2D eigenvalue weighted by molar-refractivity contribution is 0.0942. The fourth-order valence-corrected chi connectivity index (χ4v) is 2.75. The summed E-state index contributed by atoms with van der Waals surface area (Å²) < 4.78 is 5.09. The van der Waals surface area contributed by atoms with Gasteiger partial charge in [0.15, 0.2) is 0 Å². The molecule has 0 spiro atoms. The van der Waals surface area contributed by atoms with Crippen LogP contribution in [0.3, 0.4) is 0 Å². The Hall–Kier alpha value is -1.71. The molecule has 1 aromatic carbocycles. The van der Waals surface area contributed by atoms with E-state index < -0.39 is 0 Å². The summed E-state index contributed by atoms with van der Waals surface area (Å²) in [5.74, 6) is 2.00. The second-order valence-corrected chi connectivity index (χ2v) is 5.79. The summed E-state index contributed by atoms with van der Waals surface area (Å²) in [5, 5.41) is 3.01. The fourth-order valence-electron chi connectivity index (χ4n) is 2.75. The second kappa shape index (κ2) is 6.64. The third-order valence-corrected chi connectivity index (χ3v) is 4.18. The van der Waals surface area contributed by atoms with Gasteiger partial charge in [-0.2, -0.15) is 0 Å². The van der Waals surface area contributed by atoms with Crippen molar-refractivity contribution in [1.29, 1.82) is 0 Å². The van der Waals surface area contributed by atoms with Crippen molar-refractivity contribution < 1.29 is 9.53 Å². The van der Waals surface area contributed by atoms with E-state index in [1.165, 1.54) is 25.7 Å². The number of nitrogens with two attached hydrogens (primary N) is 1. The molecule has 0 aliphatic heterocycles. The van der Waals surface area contributed by atoms with Crippen LogP contribution in [-0.2, 0) is 0 Å². The first-order chi connectivity index (χ1) is 9.60. The van der Waals surface area contributed by atoms with E-state index in [1.54, 1.807) is 25.3 Å². The zero-order valence-corrected chi connectivity index (χ0v) is 12.3. The van der Waals surface area contributed by atoms with Gasteiger partial charge in [-0.1, -0.05) is 19.8 Å². The second-order valence-electron chi connectivity index (χ2n) is 5.79. The SMILES string of the molecule is COc1ccc(C(=O)NCC2CCC(C)CC2)cc1N. The topological polar surface area (TPSA) is 64.3 Å². The highest BCUT2D eigenvalue weighted by Gasteiger charge is 2.19. The van der Waals surface area contributed by atoms with E-state index >= 15 is 0 Å². The molecule has 0 unspecified atom stereocenters. The molecule has 3 N–H and O–H groups in total. The van der Waals surface area contributed by atoms with Crippen LogP contribution in [0.2, 0.25) is 0 Å². The number of methoxy groups -OCH3 is 1. The number of carbonyl (C=O) groups is 1. The summed E-state index contributed by atoms with van der Waals surface area (Å²) in [7, 11) is 1.56. The minimum absolute atomic E-state index is 0.0574. The maximum absolute atomic E-state index is 12.1. The van der Waals surface area contributed by atoms with Gasteiger partial charge in [-0.25, -0.2) is 0 Å². The number of anilines is 1. The van der Waals surface area contributed by atoms with Crippen LogP contribution in [0.25, 0.3) is 0 Å². The number of rotatable bonds is 4. The molecule has 0 atom stereocenters. The average molecular weight is 276 g/mol. The average Bonchev–Trinajstić information content (AvgIpc) is 2.46. The molecule has 0 radical (unpaired) electrons. The minimum Gasteiger partial charge on any atom is -0.495 e. The molecule has 1 aliphatic carbocycles. The van der Waals surface area contributed by atoms with Crippen molar-refractivity contribution in [3.63, 3.8) is 0 Å². The molecule has 110 valence electrons. The van der Waals surface area contributed by atoms with E-state index in [0.29, 0.717) is 22.9 Å². The van der Waals surface area contributed by atoms with Gasteiger partial charge in [0.05, 0.1) is 12.8 Å².